The second-order valence-electron chi connectivity index (χ2n) is 3.15. The number of fused-ring (bicyclic) bond motifs is 1. The summed E-state index contributed by atoms with van der Waals surface area (Å²) in [5.41, 5.74) is 0.483. The molecular formula is C10H8O5. The summed E-state index contributed by atoms with van der Waals surface area (Å²) in [6, 6.07) is 1.29. The molecular weight excluding hydrogens is 200 g/mol. The van der Waals surface area contributed by atoms with Crippen LogP contribution in [0.4, 0.5) is 0 Å². The van der Waals surface area contributed by atoms with Crippen LogP contribution < -0.4 is 4.74 Å². The summed E-state index contributed by atoms with van der Waals surface area (Å²) in [5, 5.41) is 9.52. The lowest BCUT2D eigenvalue weighted by Gasteiger charge is -2.07. The molecule has 0 aliphatic carbocycles. The first-order valence-corrected chi connectivity index (χ1v) is 4.23. The molecule has 1 aliphatic rings. The number of methoxy groups -OCH3 is 1. The highest BCUT2D eigenvalue weighted by Crippen LogP contribution is 2.36. The zero-order valence-electron chi connectivity index (χ0n) is 8.16. The number of aromatic hydroxyl groups is 1. The van der Waals surface area contributed by atoms with E-state index in [4.69, 9.17) is 4.74 Å². The minimum Gasteiger partial charge on any atom is -0.507 e. The topological polar surface area (TPSA) is 72.8 Å². The van der Waals surface area contributed by atoms with Crippen molar-refractivity contribution in [3.8, 4) is 11.5 Å². The van der Waals surface area contributed by atoms with Crippen LogP contribution in [-0.4, -0.2) is 24.2 Å². The van der Waals surface area contributed by atoms with Crippen LogP contribution in [0, 0.1) is 6.92 Å². The van der Waals surface area contributed by atoms with E-state index in [1.807, 2.05) is 0 Å². The lowest BCUT2D eigenvalue weighted by Crippen LogP contribution is -1.99. The molecule has 0 unspecified atom stereocenters. The summed E-state index contributed by atoms with van der Waals surface area (Å²) in [4.78, 5) is 22.5. The number of phenolic OH excluding ortho intramolecular Hbond substituents is 1. The highest BCUT2D eigenvalue weighted by Gasteiger charge is 2.35. The van der Waals surface area contributed by atoms with Crippen LogP contribution in [0.1, 0.15) is 26.3 Å². The number of hydrogen-bond donors (Lipinski definition) is 1. The number of cyclic esters (lactones) is 2. The van der Waals surface area contributed by atoms with Gasteiger partial charge in [0.1, 0.15) is 17.1 Å². The Morgan fingerprint density at radius 2 is 1.87 bits per heavy atom. The van der Waals surface area contributed by atoms with Crippen LogP contribution in [0.5, 0.6) is 11.5 Å². The van der Waals surface area contributed by atoms with E-state index < -0.39 is 11.9 Å². The van der Waals surface area contributed by atoms with E-state index in [1.54, 1.807) is 6.92 Å². The fraction of sp³-hybridized carbons (Fsp3) is 0.200. The molecule has 0 spiro atoms. The van der Waals surface area contributed by atoms with Gasteiger partial charge in [-0.3, -0.25) is 0 Å². The molecule has 0 aromatic heterocycles. The maximum Gasteiger partial charge on any atom is 0.350 e. The van der Waals surface area contributed by atoms with Crippen molar-refractivity contribution in [1.82, 2.24) is 0 Å². The molecule has 2 rings (SSSR count). The number of ether oxygens (including phenoxy) is 2. The molecule has 5 heteroatoms. The molecule has 0 amide bonds. The number of benzene rings is 1. The van der Waals surface area contributed by atoms with Crippen LogP contribution in [0.15, 0.2) is 6.07 Å². The van der Waals surface area contributed by atoms with Crippen LogP contribution in [0.2, 0.25) is 0 Å². The number of esters is 2. The number of phenols is 1. The summed E-state index contributed by atoms with van der Waals surface area (Å²) < 4.78 is 9.35. The van der Waals surface area contributed by atoms with E-state index in [2.05, 4.69) is 4.74 Å². The smallest absolute Gasteiger partial charge is 0.350 e. The van der Waals surface area contributed by atoms with E-state index in [0.29, 0.717) is 11.3 Å². The molecule has 5 nitrogen and oxygen atoms in total. The van der Waals surface area contributed by atoms with E-state index in [0.717, 1.165) is 0 Å². The van der Waals surface area contributed by atoms with E-state index in [9.17, 15) is 14.7 Å². The third-order valence-electron chi connectivity index (χ3n) is 2.33. The molecule has 0 atom stereocenters. The van der Waals surface area contributed by atoms with Gasteiger partial charge in [-0.15, -0.1) is 0 Å². The average Bonchev–Trinajstić information content (AvgIpc) is 2.48. The summed E-state index contributed by atoms with van der Waals surface area (Å²) >= 11 is 0. The average molecular weight is 208 g/mol. The predicted octanol–water partition coefficient (Wildman–Crippen LogP) is 1.02. The lowest BCUT2D eigenvalue weighted by atomic mass is 10.0. The minimum absolute atomic E-state index is 0.0804. The van der Waals surface area contributed by atoms with Gasteiger partial charge in [-0.25, -0.2) is 9.59 Å². The Morgan fingerprint density at radius 3 is 2.47 bits per heavy atom. The first-order chi connectivity index (χ1) is 7.06. The van der Waals surface area contributed by atoms with Gasteiger partial charge in [0.25, 0.3) is 0 Å². The van der Waals surface area contributed by atoms with Gasteiger partial charge in [0.05, 0.1) is 12.7 Å². The Kier molecular flexibility index (Phi) is 1.89. The highest BCUT2D eigenvalue weighted by molar-refractivity contribution is 6.17. The highest BCUT2D eigenvalue weighted by atomic mass is 16.6. The van der Waals surface area contributed by atoms with Crippen LogP contribution in [0.25, 0.3) is 0 Å². The first kappa shape index (κ1) is 9.51. The summed E-state index contributed by atoms with van der Waals surface area (Å²) in [6.45, 7) is 1.62. The molecule has 1 heterocycles. The molecule has 0 saturated heterocycles. The van der Waals surface area contributed by atoms with Crippen molar-refractivity contribution in [3.63, 3.8) is 0 Å². The van der Waals surface area contributed by atoms with Crippen molar-refractivity contribution in [3.05, 3.63) is 22.8 Å². The Balaban J connectivity index is 2.80. The van der Waals surface area contributed by atoms with Gasteiger partial charge in [0, 0.05) is 11.6 Å². The SMILES string of the molecule is COc1cc(O)c2c(c1C)C(=O)OC2=O. The van der Waals surface area contributed by atoms with Crippen molar-refractivity contribution in [2.75, 3.05) is 7.11 Å². The second-order valence-corrected chi connectivity index (χ2v) is 3.15. The Bertz CT molecular complexity index is 475. The van der Waals surface area contributed by atoms with Gasteiger partial charge in [-0.1, -0.05) is 0 Å². The molecule has 1 aromatic rings. The fourth-order valence-electron chi connectivity index (χ4n) is 1.60. The van der Waals surface area contributed by atoms with Crippen LogP contribution >= 0.6 is 0 Å². The maximum absolute atomic E-state index is 11.3. The zero-order chi connectivity index (χ0) is 11.2. The first-order valence-electron chi connectivity index (χ1n) is 4.23. The zero-order valence-corrected chi connectivity index (χ0v) is 8.16. The van der Waals surface area contributed by atoms with Gasteiger partial charge >= 0.3 is 11.9 Å². The van der Waals surface area contributed by atoms with E-state index in [-0.39, 0.29) is 16.9 Å². The standard InChI is InChI=1S/C10H8O5/c1-4-6(14-2)3-5(11)8-7(4)9(12)15-10(8)13/h3,11H,1-2H3. The third-order valence-corrected chi connectivity index (χ3v) is 2.33. The minimum atomic E-state index is -0.821. The van der Waals surface area contributed by atoms with Gasteiger partial charge < -0.3 is 14.6 Å². The maximum atomic E-state index is 11.3. The Hall–Kier alpha value is -2.04. The third kappa shape index (κ3) is 1.16. The number of hydrogen-bond acceptors (Lipinski definition) is 5. The van der Waals surface area contributed by atoms with Crippen LogP contribution in [0.3, 0.4) is 0 Å². The largest absolute Gasteiger partial charge is 0.507 e. The second kappa shape index (κ2) is 2.98. The number of rotatable bonds is 1. The summed E-state index contributed by atoms with van der Waals surface area (Å²) in [6.07, 6.45) is 0. The monoisotopic (exact) mass is 208 g/mol. The van der Waals surface area contributed by atoms with Crippen molar-refractivity contribution in [2.24, 2.45) is 0 Å². The van der Waals surface area contributed by atoms with Gasteiger partial charge in [0.15, 0.2) is 0 Å². The Morgan fingerprint density at radius 1 is 1.27 bits per heavy atom. The number of carbonyl (C=O) groups excluding carboxylic acids is 2. The summed E-state index contributed by atoms with van der Waals surface area (Å²) in [5.74, 6) is -1.53. The van der Waals surface area contributed by atoms with E-state index in [1.165, 1.54) is 13.2 Å². The molecule has 78 valence electrons. The quantitative estimate of drug-likeness (QED) is 0.551. The predicted molar refractivity (Wildman–Crippen MR) is 49.1 cm³/mol. The molecule has 0 radical (unpaired) electrons. The van der Waals surface area contributed by atoms with Gasteiger partial charge in [-0.05, 0) is 6.92 Å². The normalized spacial score (nSPS) is 13.7. The molecule has 0 saturated carbocycles. The van der Waals surface area contributed by atoms with Gasteiger partial charge in [0.2, 0.25) is 0 Å². The molecule has 1 aromatic carbocycles. The van der Waals surface area contributed by atoms with Crippen molar-refractivity contribution in [1.29, 1.82) is 0 Å². The Labute approximate surface area is 85.2 Å². The summed E-state index contributed by atoms with van der Waals surface area (Å²) in [7, 11) is 1.41. The lowest BCUT2D eigenvalue weighted by molar-refractivity contribution is 0.0443. The van der Waals surface area contributed by atoms with Crippen LogP contribution in [-0.2, 0) is 4.74 Å². The van der Waals surface area contributed by atoms with Crippen molar-refractivity contribution >= 4 is 11.9 Å². The van der Waals surface area contributed by atoms with Gasteiger partial charge in [-0.2, -0.15) is 0 Å². The molecule has 15 heavy (non-hydrogen) atoms. The number of carbonyl (C=O) groups is 2. The van der Waals surface area contributed by atoms with Crippen molar-refractivity contribution < 1.29 is 24.2 Å². The van der Waals surface area contributed by atoms with E-state index >= 15 is 0 Å². The molecule has 0 bridgehead atoms. The molecule has 0 fully saturated rings. The van der Waals surface area contributed by atoms with Crippen molar-refractivity contribution in [2.45, 2.75) is 6.92 Å². The molecule has 1 aliphatic heterocycles. The fourth-order valence-corrected chi connectivity index (χ4v) is 1.60. The molecule has 1 N–H and O–H groups in total.